The van der Waals surface area contributed by atoms with Gasteiger partial charge < -0.3 is 10.1 Å². The van der Waals surface area contributed by atoms with Gasteiger partial charge in [0.15, 0.2) is 0 Å². The van der Waals surface area contributed by atoms with Crippen molar-refractivity contribution in [3.8, 4) is 0 Å². The molecule has 22 heavy (non-hydrogen) atoms. The largest absolute Gasteiger partial charge is 0.373 e. The maximum atomic E-state index is 12.4. The van der Waals surface area contributed by atoms with Gasteiger partial charge in [-0.05, 0) is 26.8 Å². The van der Waals surface area contributed by atoms with E-state index in [0.29, 0.717) is 13.1 Å². The van der Waals surface area contributed by atoms with Crippen molar-refractivity contribution >= 4 is 17.3 Å². The van der Waals surface area contributed by atoms with Gasteiger partial charge in [-0.15, -0.1) is 0 Å². The molecule has 0 radical (unpaired) electrons. The number of morpholine rings is 1. The number of benzene rings is 1. The highest BCUT2D eigenvalue weighted by Gasteiger charge is 2.30. The van der Waals surface area contributed by atoms with Gasteiger partial charge >= 0.3 is 0 Å². The van der Waals surface area contributed by atoms with Gasteiger partial charge in [0.05, 0.1) is 23.2 Å². The van der Waals surface area contributed by atoms with Crippen molar-refractivity contribution in [2.75, 3.05) is 18.4 Å². The van der Waals surface area contributed by atoms with Gasteiger partial charge in [0.1, 0.15) is 5.69 Å². The highest BCUT2D eigenvalue weighted by Crippen LogP contribution is 2.24. The number of rotatable bonds is 4. The molecule has 1 amide bonds. The van der Waals surface area contributed by atoms with Gasteiger partial charge in [0.25, 0.3) is 5.69 Å². The number of hydrogen-bond acceptors (Lipinski definition) is 5. The highest BCUT2D eigenvalue weighted by atomic mass is 16.6. The zero-order valence-electron chi connectivity index (χ0n) is 13.0. The van der Waals surface area contributed by atoms with E-state index in [-0.39, 0.29) is 35.5 Å². The minimum atomic E-state index is -0.501. The van der Waals surface area contributed by atoms with Crippen LogP contribution in [0.2, 0.25) is 0 Å². The summed E-state index contributed by atoms with van der Waals surface area (Å²) in [6.45, 7) is 7.06. The van der Waals surface area contributed by atoms with E-state index in [9.17, 15) is 14.9 Å². The number of hydrogen-bond donors (Lipinski definition) is 1. The molecule has 1 aliphatic heterocycles. The summed E-state index contributed by atoms with van der Waals surface area (Å²) in [7, 11) is 0. The van der Waals surface area contributed by atoms with Crippen LogP contribution in [0, 0.1) is 10.1 Å². The third kappa shape index (κ3) is 3.80. The first-order chi connectivity index (χ1) is 10.4. The number of para-hydroxylation sites is 2. The number of ether oxygens (including phenoxy) is 1. The molecule has 1 saturated heterocycles. The molecule has 1 fully saturated rings. The number of carbonyl (C=O) groups excluding carboxylic acids is 1. The Kier molecular flexibility index (Phi) is 5.10. The summed E-state index contributed by atoms with van der Waals surface area (Å²) in [5, 5.41) is 13.6. The van der Waals surface area contributed by atoms with Crippen LogP contribution in [0.25, 0.3) is 0 Å². The summed E-state index contributed by atoms with van der Waals surface area (Å²) in [6.07, 6.45) is 0.120. The summed E-state index contributed by atoms with van der Waals surface area (Å²) < 4.78 is 5.65. The van der Waals surface area contributed by atoms with Crippen LogP contribution in [-0.2, 0) is 9.53 Å². The average molecular weight is 307 g/mol. The lowest BCUT2D eigenvalue weighted by Gasteiger charge is -2.38. The molecule has 0 unspecified atom stereocenters. The molecule has 3 atom stereocenters. The van der Waals surface area contributed by atoms with E-state index in [1.807, 2.05) is 18.7 Å². The van der Waals surface area contributed by atoms with Gasteiger partial charge in [-0.1, -0.05) is 12.1 Å². The molecular weight excluding hydrogens is 286 g/mol. The number of anilines is 1. The zero-order chi connectivity index (χ0) is 16.3. The second-order valence-electron chi connectivity index (χ2n) is 5.65. The van der Waals surface area contributed by atoms with Crippen molar-refractivity contribution in [3.05, 3.63) is 34.4 Å². The van der Waals surface area contributed by atoms with Crippen molar-refractivity contribution in [3.63, 3.8) is 0 Å². The van der Waals surface area contributed by atoms with Crippen LogP contribution in [0.1, 0.15) is 20.8 Å². The second kappa shape index (κ2) is 6.85. The van der Waals surface area contributed by atoms with Crippen molar-refractivity contribution in [2.45, 2.75) is 39.0 Å². The molecule has 7 heteroatoms. The van der Waals surface area contributed by atoms with Crippen molar-refractivity contribution in [1.82, 2.24) is 4.90 Å². The fourth-order valence-corrected chi connectivity index (χ4v) is 2.68. The lowest BCUT2D eigenvalue weighted by Crippen LogP contribution is -2.52. The van der Waals surface area contributed by atoms with E-state index < -0.39 is 4.92 Å². The zero-order valence-corrected chi connectivity index (χ0v) is 13.0. The Balaban J connectivity index is 2.07. The third-order valence-electron chi connectivity index (χ3n) is 3.73. The maximum Gasteiger partial charge on any atom is 0.292 e. The maximum absolute atomic E-state index is 12.4. The quantitative estimate of drug-likeness (QED) is 0.679. The fourth-order valence-electron chi connectivity index (χ4n) is 2.68. The number of amides is 1. The molecule has 1 N–H and O–H groups in total. The summed E-state index contributed by atoms with van der Waals surface area (Å²) in [6, 6.07) is 5.76. The van der Waals surface area contributed by atoms with Crippen molar-refractivity contribution in [2.24, 2.45) is 0 Å². The smallest absolute Gasteiger partial charge is 0.292 e. The second-order valence-corrected chi connectivity index (χ2v) is 5.65. The standard InChI is InChI=1S/C15H21N3O4/c1-10-8-17(9-11(2)22-10)12(3)15(19)16-13-6-4-5-7-14(13)18(20)21/h4-7,10-12H,8-9H2,1-3H3,(H,16,19)/t10-,11+,12-/m0/s1. The normalized spacial score (nSPS) is 23.8. The predicted octanol–water partition coefficient (Wildman–Crippen LogP) is 2.03. The van der Waals surface area contributed by atoms with Crippen LogP contribution in [0.3, 0.4) is 0 Å². The molecule has 1 aliphatic rings. The lowest BCUT2D eigenvalue weighted by molar-refractivity contribution is -0.383. The predicted molar refractivity (Wildman–Crippen MR) is 82.8 cm³/mol. The Morgan fingerprint density at radius 3 is 2.55 bits per heavy atom. The molecule has 1 aromatic rings. The first-order valence-corrected chi connectivity index (χ1v) is 7.32. The number of carbonyl (C=O) groups is 1. The average Bonchev–Trinajstić information content (AvgIpc) is 2.45. The minimum Gasteiger partial charge on any atom is -0.373 e. The number of nitrogens with one attached hydrogen (secondary N) is 1. The molecule has 0 aliphatic carbocycles. The number of nitrogens with zero attached hydrogens (tertiary/aromatic N) is 2. The van der Waals surface area contributed by atoms with Crippen molar-refractivity contribution < 1.29 is 14.5 Å². The summed E-state index contributed by atoms with van der Waals surface area (Å²) in [4.78, 5) is 24.9. The third-order valence-corrected chi connectivity index (χ3v) is 3.73. The summed E-state index contributed by atoms with van der Waals surface area (Å²) in [5.41, 5.74) is 0.116. The molecule has 1 aromatic carbocycles. The van der Waals surface area contributed by atoms with E-state index >= 15 is 0 Å². The Labute approximate surface area is 129 Å². The van der Waals surface area contributed by atoms with Gasteiger partial charge in [0.2, 0.25) is 5.91 Å². The van der Waals surface area contributed by atoms with Gasteiger partial charge in [0, 0.05) is 19.2 Å². The Bertz CT molecular complexity index is 553. The summed E-state index contributed by atoms with van der Waals surface area (Å²) in [5.74, 6) is -0.254. The van der Waals surface area contributed by atoms with E-state index in [0.717, 1.165) is 0 Å². The minimum absolute atomic E-state index is 0.0602. The van der Waals surface area contributed by atoms with Gasteiger partial charge in [-0.25, -0.2) is 0 Å². The van der Waals surface area contributed by atoms with Crippen LogP contribution >= 0.6 is 0 Å². The monoisotopic (exact) mass is 307 g/mol. The van der Waals surface area contributed by atoms with E-state index in [2.05, 4.69) is 5.32 Å². The highest BCUT2D eigenvalue weighted by molar-refractivity contribution is 5.96. The SMILES string of the molecule is C[C@@H]1CN([C@@H](C)C(=O)Nc2ccccc2[N+](=O)[O-])C[C@H](C)O1. The fraction of sp³-hybridized carbons (Fsp3) is 0.533. The van der Waals surface area contributed by atoms with Crippen LogP contribution in [0.4, 0.5) is 11.4 Å². The first kappa shape index (κ1) is 16.4. The molecule has 2 rings (SSSR count). The van der Waals surface area contributed by atoms with Crippen molar-refractivity contribution in [1.29, 1.82) is 0 Å². The van der Waals surface area contributed by atoms with Crippen LogP contribution in [0.5, 0.6) is 0 Å². The van der Waals surface area contributed by atoms with E-state index in [1.165, 1.54) is 12.1 Å². The molecule has 120 valence electrons. The Hall–Kier alpha value is -1.99. The first-order valence-electron chi connectivity index (χ1n) is 7.32. The summed E-state index contributed by atoms with van der Waals surface area (Å²) >= 11 is 0. The molecule has 1 heterocycles. The van der Waals surface area contributed by atoms with Gasteiger partial charge in [-0.2, -0.15) is 0 Å². The number of nitro benzene ring substituents is 1. The van der Waals surface area contributed by atoms with Crippen LogP contribution in [0.15, 0.2) is 24.3 Å². The Morgan fingerprint density at radius 1 is 1.36 bits per heavy atom. The Morgan fingerprint density at radius 2 is 1.95 bits per heavy atom. The van der Waals surface area contributed by atoms with Gasteiger partial charge in [-0.3, -0.25) is 19.8 Å². The lowest BCUT2D eigenvalue weighted by atomic mass is 10.1. The van der Waals surface area contributed by atoms with Crippen LogP contribution in [-0.4, -0.2) is 47.1 Å². The van der Waals surface area contributed by atoms with E-state index in [4.69, 9.17) is 4.74 Å². The molecule has 7 nitrogen and oxygen atoms in total. The molecule has 0 spiro atoms. The molecular formula is C15H21N3O4. The molecule has 0 aromatic heterocycles. The molecule has 0 saturated carbocycles. The van der Waals surface area contributed by atoms with Crippen LogP contribution < -0.4 is 5.32 Å². The topological polar surface area (TPSA) is 84.7 Å². The van der Waals surface area contributed by atoms with E-state index in [1.54, 1.807) is 19.1 Å². The molecule has 0 bridgehead atoms. The number of nitro groups is 1.